The van der Waals surface area contributed by atoms with Crippen LogP contribution >= 0.6 is 0 Å². The number of aryl methyl sites for hydroxylation is 1. The molecule has 1 atom stereocenters. The van der Waals surface area contributed by atoms with Crippen LogP contribution < -0.4 is 4.74 Å². The third-order valence-electron chi connectivity index (χ3n) is 5.88. The summed E-state index contributed by atoms with van der Waals surface area (Å²) in [6.45, 7) is 4.25. The summed E-state index contributed by atoms with van der Waals surface area (Å²) in [5.74, 6) is -0.525. The molecule has 3 aromatic heterocycles. The van der Waals surface area contributed by atoms with Gasteiger partial charge in [-0.05, 0) is 55.8 Å². The minimum atomic E-state index is -0.811. The molecule has 34 heavy (non-hydrogen) atoms. The number of pyridine rings is 1. The summed E-state index contributed by atoms with van der Waals surface area (Å²) in [5.41, 5.74) is 2.23. The number of likely N-dealkylation sites (tertiary alicyclic amines) is 1. The molecule has 0 radical (unpaired) electrons. The highest BCUT2D eigenvalue weighted by molar-refractivity contribution is 6.46. The van der Waals surface area contributed by atoms with E-state index in [0.29, 0.717) is 40.7 Å². The standard InChI is InChI=1S/C26H23N3O5/c1-3-33-18-11-9-17(10-12-18)23-21(25(31)26(32)29(23)15-19-7-6-14-34-19)24(30)22-16(2)27-20-8-4-5-13-28(20)22/h4-14,23,30H,3,15H2,1-2H3. The fourth-order valence-corrected chi connectivity index (χ4v) is 4.40. The summed E-state index contributed by atoms with van der Waals surface area (Å²) in [6.07, 6.45) is 3.27. The minimum absolute atomic E-state index is 0.00877. The molecule has 0 aliphatic carbocycles. The summed E-state index contributed by atoms with van der Waals surface area (Å²) in [7, 11) is 0. The van der Waals surface area contributed by atoms with E-state index in [0.717, 1.165) is 0 Å². The van der Waals surface area contributed by atoms with Crippen LogP contribution in [0.25, 0.3) is 11.4 Å². The Morgan fingerprint density at radius 1 is 1.12 bits per heavy atom. The maximum atomic E-state index is 13.3. The molecular formula is C26H23N3O5. The number of hydrogen-bond acceptors (Lipinski definition) is 6. The van der Waals surface area contributed by atoms with Crippen LogP contribution in [0.4, 0.5) is 0 Å². The van der Waals surface area contributed by atoms with E-state index in [-0.39, 0.29) is 17.9 Å². The largest absolute Gasteiger partial charge is 0.505 e. The van der Waals surface area contributed by atoms with Crippen LogP contribution in [-0.4, -0.2) is 37.7 Å². The van der Waals surface area contributed by atoms with E-state index in [1.165, 1.54) is 11.2 Å². The van der Waals surface area contributed by atoms with Crippen LogP contribution in [0.15, 0.2) is 77.0 Å². The molecule has 0 bridgehead atoms. The number of imidazole rings is 1. The lowest BCUT2D eigenvalue weighted by Gasteiger charge is -2.24. The predicted octanol–water partition coefficient (Wildman–Crippen LogP) is 4.26. The number of ketones is 1. The van der Waals surface area contributed by atoms with Crippen LogP contribution in [0.5, 0.6) is 5.75 Å². The number of carbonyl (C=O) groups is 2. The number of furan rings is 1. The highest BCUT2D eigenvalue weighted by Gasteiger charge is 2.47. The zero-order chi connectivity index (χ0) is 23.8. The molecule has 1 aliphatic rings. The Balaban J connectivity index is 1.69. The Morgan fingerprint density at radius 3 is 2.62 bits per heavy atom. The zero-order valence-corrected chi connectivity index (χ0v) is 18.8. The second-order valence-corrected chi connectivity index (χ2v) is 7.98. The Kier molecular flexibility index (Phi) is 5.41. The highest BCUT2D eigenvalue weighted by Crippen LogP contribution is 2.41. The van der Waals surface area contributed by atoms with Gasteiger partial charge in [0.05, 0.1) is 36.7 Å². The second kappa shape index (κ2) is 8.55. The first-order valence-electron chi connectivity index (χ1n) is 11.0. The molecule has 1 aliphatic heterocycles. The molecule has 4 aromatic rings. The third kappa shape index (κ3) is 3.53. The summed E-state index contributed by atoms with van der Waals surface area (Å²) in [6, 6.07) is 15.3. The molecule has 1 aromatic carbocycles. The van der Waals surface area contributed by atoms with Gasteiger partial charge in [0.2, 0.25) is 0 Å². The summed E-state index contributed by atoms with van der Waals surface area (Å²) >= 11 is 0. The lowest BCUT2D eigenvalue weighted by atomic mass is 9.96. The first kappa shape index (κ1) is 21.5. The number of carbonyl (C=O) groups excluding carboxylic acids is 2. The van der Waals surface area contributed by atoms with Crippen molar-refractivity contribution in [2.75, 3.05) is 6.61 Å². The Bertz CT molecular complexity index is 1400. The van der Waals surface area contributed by atoms with E-state index < -0.39 is 17.7 Å². The van der Waals surface area contributed by atoms with Crippen molar-refractivity contribution in [3.63, 3.8) is 0 Å². The van der Waals surface area contributed by atoms with E-state index in [2.05, 4.69) is 4.98 Å². The van der Waals surface area contributed by atoms with Crippen molar-refractivity contribution < 1.29 is 23.8 Å². The van der Waals surface area contributed by atoms with Gasteiger partial charge in [0, 0.05) is 6.20 Å². The summed E-state index contributed by atoms with van der Waals surface area (Å²) in [4.78, 5) is 32.4. The summed E-state index contributed by atoms with van der Waals surface area (Å²) in [5, 5.41) is 11.5. The van der Waals surface area contributed by atoms with Crippen LogP contribution in [0.1, 0.15) is 35.7 Å². The molecule has 172 valence electrons. The molecule has 1 unspecified atom stereocenters. The first-order chi connectivity index (χ1) is 16.5. The van der Waals surface area contributed by atoms with Crippen molar-refractivity contribution in [1.29, 1.82) is 0 Å². The molecule has 1 amide bonds. The fourth-order valence-electron chi connectivity index (χ4n) is 4.40. The molecule has 0 spiro atoms. The number of benzene rings is 1. The number of rotatable bonds is 6. The summed E-state index contributed by atoms with van der Waals surface area (Å²) < 4.78 is 12.7. The van der Waals surface area contributed by atoms with Crippen LogP contribution in [0.2, 0.25) is 0 Å². The number of ether oxygens (including phenoxy) is 1. The topological polar surface area (TPSA) is 97.3 Å². The van der Waals surface area contributed by atoms with Gasteiger partial charge < -0.3 is 19.2 Å². The molecule has 8 nitrogen and oxygen atoms in total. The van der Waals surface area contributed by atoms with Crippen molar-refractivity contribution in [3.05, 3.63) is 95.3 Å². The van der Waals surface area contributed by atoms with Gasteiger partial charge in [0.25, 0.3) is 11.7 Å². The Labute approximate surface area is 195 Å². The molecular weight excluding hydrogens is 434 g/mol. The number of aliphatic hydroxyl groups excluding tert-OH is 1. The number of amides is 1. The van der Waals surface area contributed by atoms with E-state index in [1.54, 1.807) is 53.9 Å². The van der Waals surface area contributed by atoms with Crippen LogP contribution in [0.3, 0.4) is 0 Å². The van der Waals surface area contributed by atoms with Gasteiger partial charge >= 0.3 is 0 Å². The third-order valence-corrected chi connectivity index (χ3v) is 5.88. The van der Waals surface area contributed by atoms with E-state index in [9.17, 15) is 14.7 Å². The smallest absolute Gasteiger partial charge is 0.296 e. The quantitative estimate of drug-likeness (QED) is 0.264. The normalized spacial score (nSPS) is 17.6. The number of nitrogens with zero attached hydrogens (tertiary/aromatic N) is 3. The van der Waals surface area contributed by atoms with Gasteiger partial charge in [-0.3, -0.25) is 14.0 Å². The van der Waals surface area contributed by atoms with E-state index in [4.69, 9.17) is 9.15 Å². The average molecular weight is 457 g/mol. The minimum Gasteiger partial charge on any atom is -0.505 e. The lowest BCUT2D eigenvalue weighted by Crippen LogP contribution is -2.29. The highest BCUT2D eigenvalue weighted by atomic mass is 16.5. The lowest BCUT2D eigenvalue weighted by molar-refractivity contribution is -0.140. The SMILES string of the molecule is CCOc1ccc(C2C(=C(O)c3c(C)nc4ccccn34)C(=O)C(=O)N2Cc2ccco2)cc1. The van der Waals surface area contributed by atoms with Gasteiger partial charge in [-0.15, -0.1) is 0 Å². The fraction of sp³-hybridized carbons (Fsp3) is 0.192. The Hall–Kier alpha value is -4.33. The number of Topliss-reactive ketones (excluding diaryl/α,β-unsaturated/α-hetero) is 1. The number of fused-ring (bicyclic) bond motifs is 1. The first-order valence-corrected chi connectivity index (χ1v) is 11.0. The number of aromatic nitrogens is 2. The number of aliphatic hydroxyl groups is 1. The van der Waals surface area contributed by atoms with Crippen molar-refractivity contribution in [3.8, 4) is 5.75 Å². The average Bonchev–Trinajstić information content (AvgIpc) is 3.53. The van der Waals surface area contributed by atoms with Gasteiger partial charge in [0.1, 0.15) is 22.9 Å². The molecule has 1 fully saturated rings. The zero-order valence-electron chi connectivity index (χ0n) is 18.8. The Morgan fingerprint density at radius 2 is 1.91 bits per heavy atom. The molecule has 4 heterocycles. The van der Waals surface area contributed by atoms with Crippen LogP contribution in [0, 0.1) is 6.92 Å². The van der Waals surface area contributed by atoms with Gasteiger partial charge in [-0.2, -0.15) is 0 Å². The predicted molar refractivity (Wildman–Crippen MR) is 124 cm³/mol. The molecule has 8 heteroatoms. The van der Waals surface area contributed by atoms with Crippen LogP contribution in [-0.2, 0) is 16.1 Å². The maximum Gasteiger partial charge on any atom is 0.296 e. The van der Waals surface area contributed by atoms with Crippen molar-refractivity contribution in [2.24, 2.45) is 0 Å². The molecule has 0 saturated carbocycles. The van der Waals surface area contributed by atoms with Crippen molar-refractivity contribution >= 4 is 23.1 Å². The van der Waals surface area contributed by atoms with E-state index >= 15 is 0 Å². The van der Waals surface area contributed by atoms with Gasteiger partial charge in [-0.25, -0.2) is 4.98 Å². The maximum absolute atomic E-state index is 13.3. The van der Waals surface area contributed by atoms with E-state index in [1.807, 2.05) is 25.1 Å². The molecule has 1 saturated heterocycles. The van der Waals surface area contributed by atoms with Gasteiger partial charge in [-0.1, -0.05) is 18.2 Å². The monoisotopic (exact) mass is 457 g/mol. The second-order valence-electron chi connectivity index (χ2n) is 7.98. The molecule has 1 N–H and O–H groups in total. The van der Waals surface area contributed by atoms with Crippen molar-refractivity contribution in [1.82, 2.24) is 14.3 Å². The molecule has 5 rings (SSSR count). The van der Waals surface area contributed by atoms with Crippen molar-refractivity contribution in [2.45, 2.75) is 26.4 Å². The number of hydrogen-bond donors (Lipinski definition) is 1. The van der Waals surface area contributed by atoms with Gasteiger partial charge in [0.15, 0.2) is 5.76 Å².